The van der Waals surface area contributed by atoms with Crippen molar-refractivity contribution < 1.29 is 19.4 Å². The number of morpholine rings is 1. The van der Waals surface area contributed by atoms with Crippen LogP contribution in [0, 0.1) is 0 Å². The molecule has 0 aliphatic carbocycles. The average molecular weight is 376 g/mol. The molecular weight excluding hydrogens is 352 g/mol. The Labute approximate surface area is 157 Å². The Morgan fingerprint density at radius 2 is 1.77 bits per heavy atom. The number of benzene rings is 1. The van der Waals surface area contributed by atoms with Crippen LogP contribution >= 0.6 is 11.8 Å². The first-order chi connectivity index (χ1) is 12.7. The highest BCUT2D eigenvalue weighted by Crippen LogP contribution is 2.35. The Balaban J connectivity index is 1.69. The fourth-order valence-corrected chi connectivity index (χ4v) is 4.05. The molecule has 0 spiro atoms. The van der Waals surface area contributed by atoms with E-state index < -0.39 is 0 Å². The highest BCUT2D eigenvalue weighted by Gasteiger charge is 2.38. The van der Waals surface area contributed by atoms with Crippen LogP contribution in [0.3, 0.4) is 0 Å². The molecule has 1 N–H and O–H groups in total. The predicted octanol–water partition coefficient (Wildman–Crippen LogP) is 1.21. The van der Waals surface area contributed by atoms with Gasteiger partial charge in [0, 0.05) is 31.9 Å². The standard InChI is InChI=1S/C19H24N2O4S/c22-11-14-26-17-16(15-5-2-1-3-6-15)18(23)21(19(17)24)8-4-7-20-9-12-25-13-10-20/h1-3,5-6,22H,4,7-14H2. The largest absolute Gasteiger partial charge is 0.396 e. The maximum absolute atomic E-state index is 12.9. The predicted molar refractivity (Wildman–Crippen MR) is 102 cm³/mol. The molecule has 2 aliphatic rings. The van der Waals surface area contributed by atoms with Gasteiger partial charge in [0.25, 0.3) is 11.8 Å². The molecule has 0 radical (unpaired) electrons. The van der Waals surface area contributed by atoms with E-state index in [0.717, 1.165) is 44.8 Å². The van der Waals surface area contributed by atoms with Gasteiger partial charge in [-0.2, -0.15) is 0 Å². The Morgan fingerprint density at radius 1 is 1.04 bits per heavy atom. The Morgan fingerprint density at radius 3 is 2.46 bits per heavy atom. The molecule has 1 aromatic carbocycles. The highest BCUT2D eigenvalue weighted by atomic mass is 32.2. The van der Waals surface area contributed by atoms with Crippen LogP contribution in [0.15, 0.2) is 35.2 Å². The number of carbonyl (C=O) groups is 2. The average Bonchev–Trinajstić information content (AvgIpc) is 2.92. The Hall–Kier alpha value is -1.67. The molecule has 0 bridgehead atoms. The third kappa shape index (κ3) is 4.35. The molecule has 0 saturated carbocycles. The second-order valence-corrected chi connectivity index (χ2v) is 7.32. The van der Waals surface area contributed by atoms with Crippen molar-refractivity contribution in [1.29, 1.82) is 0 Å². The zero-order valence-corrected chi connectivity index (χ0v) is 15.5. The summed E-state index contributed by atoms with van der Waals surface area (Å²) in [6.07, 6.45) is 0.748. The summed E-state index contributed by atoms with van der Waals surface area (Å²) in [4.78, 5) is 29.8. The second kappa shape index (κ2) is 9.32. The summed E-state index contributed by atoms with van der Waals surface area (Å²) in [6.45, 7) is 4.50. The first-order valence-electron chi connectivity index (χ1n) is 8.92. The highest BCUT2D eigenvalue weighted by molar-refractivity contribution is 8.04. The molecule has 2 heterocycles. The molecule has 140 valence electrons. The van der Waals surface area contributed by atoms with Gasteiger partial charge < -0.3 is 9.84 Å². The lowest BCUT2D eigenvalue weighted by Gasteiger charge is -2.27. The van der Waals surface area contributed by atoms with Crippen LogP contribution < -0.4 is 0 Å². The van der Waals surface area contributed by atoms with E-state index in [1.807, 2.05) is 30.3 Å². The fraction of sp³-hybridized carbons (Fsp3) is 0.474. The van der Waals surface area contributed by atoms with E-state index in [0.29, 0.717) is 22.8 Å². The molecule has 0 unspecified atom stereocenters. The molecule has 2 aliphatic heterocycles. The number of carbonyl (C=O) groups excluding carboxylic acids is 2. The van der Waals surface area contributed by atoms with Gasteiger partial charge in [0.2, 0.25) is 0 Å². The minimum Gasteiger partial charge on any atom is -0.396 e. The fourth-order valence-electron chi connectivity index (χ4n) is 3.18. The minimum absolute atomic E-state index is 0.0330. The van der Waals surface area contributed by atoms with Crippen molar-refractivity contribution in [3.8, 4) is 0 Å². The number of rotatable bonds is 8. The van der Waals surface area contributed by atoms with Crippen molar-refractivity contribution in [2.24, 2.45) is 0 Å². The number of imide groups is 1. The van der Waals surface area contributed by atoms with E-state index in [9.17, 15) is 9.59 Å². The first-order valence-corrected chi connectivity index (χ1v) is 9.90. The lowest BCUT2D eigenvalue weighted by molar-refractivity contribution is -0.136. The van der Waals surface area contributed by atoms with Gasteiger partial charge in [-0.15, -0.1) is 11.8 Å². The van der Waals surface area contributed by atoms with Crippen LogP contribution in [0.1, 0.15) is 12.0 Å². The molecule has 0 aromatic heterocycles. The number of amides is 2. The summed E-state index contributed by atoms with van der Waals surface area (Å²) >= 11 is 1.25. The Kier molecular flexibility index (Phi) is 6.85. The third-order valence-corrected chi connectivity index (χ3v) is 5.54. The SMILES string of the molecule is O=C1C(SCCO)=C(c2ccccc2)C(=O)N1CCCN1CCOCC1. The molecule has 2 amide bonds. The summed E-state index contributed by atoms with van der Waals surface area (Å²) in [5.74, 6) is -0.0790. The number of aliphatic hydroxyl groups excluding tert-OH is 1. The second-order valence-electron chi connectivity index (χ2n) is 6.21. The van der Waals surface area contributed by atoms with Gasteiger partial charge in [0.05, 0.1) is 30.3 Å². The van der Waals surface area contributed by atoms with Gasteiger partial charge >= 0.3 is 0 Å². The minimum atomic E-state index is -0.241. The van der Waals surface area contributed by atoms with Gasteiger partial charge in [0.1, 0.15) is 0 Å². The van der Waals surface area contributed by atoms with E-state index in [4.69, 9.17) is 9.84 Å². The van der Waals surface area contributed by atoms with Gasteiger partial charge in [-0.3, -0.25) is 19.4 Å². The lowest BCUT2D eigenvalue weighted by Crippen LogP contribution is -2.39. The summed E-state index contributed by atoms with van der Waals surface area (Å²) < 4.78 is 5.34. The maximum atomic E-state index is 12.9. The number of aliphatic hydroxyl groups is 1. The van der Waals surface area contributed by atoms with Crippen LogP contribution in [0.2, 0.25) is 0 Å². The van der Waals surface area contributed by atoms with Gasteiger partial charge in [0.15, 0.2) is 0 Å². The molecule has 26 heavy (non-hydrogen) atoms. The number of hydrogen-bond acceptors (Lipinski definition) is 6. The van der Waals surface area contributed by atoms with Gasteiger partial charge in [-0.25, -0.2) is 0 Å². The number of nitrogens with zero attached hydrogens (tertiary/aromatic N) is 2. The summed E-state index contributed by atoms with van der Waals surface area (Å²) in [7, 11) is 0. The van der Waals surface area contributed by atoms with Crippen LogP contribution in [0.25, 0.3) is 5.57 Å². The monoisotopic (exact) mass is 376 g/mol. The van der Waals surface area contributed by atoms with Crippen molar-refractivity contribution in [3.05, 3.63) is 40.8 Å². The molecule has 6 nitrogen and oxygen atoms in total. The third-order valence-electron chi connectivity index (χ3n) is 4.49. The van der Waals surface area contributed by atoms with Crippen molar-refractivity contribution in [2.45, 2.75) is 6.42 Å². The van der Waals surface area contributed by atoms with E-state index in [1.54, 1.807) is 0 Å². The molecule has 7 heteroatoms. The van der Waals surface area contributed by atoms with Crippen LogP contribution in [0.4, 0.5) is 0 Å². The number of thioether (sulfide) groups is 1. The van der Waals surface area contributed by atoms with E-state index in [2.05, 4.69) is 4.90 Å². The summed E-state index contributed by atoms with van der Waals surface area (Å²) in [6, 6.07) is 9.28. The first kappa shape index (κ1) is 19.1. The van der Waals surface area contributed by atoms with Gasteiger partial charge in [-0.05, 0) is 12.0 Å². The van der Waals surface area contributed by atoms with Crippen molar-refractivity contribution >= 4 is 29.1 Å². The molecule has 1 fully saturated rings. The molecule has 0 atom stereocenters. The number of hydrogen-bond donors (Lipinski definition) is 1. The lowest BCUT2D eigenvalue weighted by atomic mass is 10.1. The zero-order chi connectivity index (χ0) is 18.4. The van der Waals surface area contributed by atoms with E-state index in [-0.39, 0.29) is 18.4 Å². The topological polar surface area (TPSA) is 70.1 Å². The van der Waals surface area contributed by atoms with Crippen LogP contribution in [-0.4, -0.2) is 78.5 Å². The Bertz CT molecular complexity index is 671. The summed E-state index contributed by atoms with van der Waals surface area (Å²) in [5, 5.41) is 9.12. The zero-order valence-electron chi connectivity index (χ0n) is 14.7. The van der Waals surface area contributed by atoms with Crippen molar-refractivity contribution in [1.82, 2.24) is 9.80 Å². The van der Waals surface area contributed by atoms with E-state index >= 15 is 0 Å². The van der Waals surface area contributed by atoms with Crippen LogP contribution in [0.5, 0.6) is 0 Å². The summed E-state index contributed by atoms with van der Waals surface area (Å²) in [5.41, 5.74) is 1.21. The number of ether oxygens (including phenoxy) is 1. The molecular formula is C19H24N2O4S. The van der Waals surface area contributed by atoms with E-state index in [1.165, 1.54) is 16.7 Å². The van der Waals surface area contributed by atoms with Gasteiger partial charge in [-0.1, -0.05) is 30.3 Å². The smallest absolute Gasteiger partial charge is 0.267 e. The quantitative estimate of drug-likeness (QED) is 0.688. The molecule has 1 aromatic rings. The maximum Gasteiger partial charge on any atom is 0.267 e. The molecule has 3 rings (SSSR count). The van der Waals surface area contributed by atoms with Crippen LogP contribution in [-0.2, 0) is 14.3 Å². The van der Waals surface area contributed by atoms with Crippen molar-refractivity contribution in [3.63, 3.8) is 0 Å². The molecule has 1 saturated heterocycles. The van der Waals surface area contributed by atoms with Crippen molar-refractivity contribution in [2.75, 3.05) is 51.8 Å². The normalized spacial score (nSPS) is 18.9.